The van der Waals surface area contributed by atoms with Crippen molar-refractivity contribution < 1.29 is 20.1 Å². The van der Waals surface area contributed by atoms with Crippen molar-refractivity contribution in [2.75, 3.05) is 0 Å². The molecule has 138 valence electrons. The quantitative estimate of drug-likeness (QED) is 0.734. The highest BCUT2D eigenvalue weighted by atomic mass is 16.3. The van der Waals surface area contributed by atoms with E-state index in [1.807, 2.05) is 25.2 Å². The number of hydrogen-bond donors (Lipinski definition) is 3. The Kier molecular flexibility index (Phi) is 4.82. The highest BCUT2D eigenvalue weighted by molar-refractivity contribution is 5.86. The summed E-state index contributed by atoms with van der Waals surface area (Å²) < 4.78 is 0. The molecule has 0 amide bonds. The third kappa shape index (κ3) is 3.05. The topological polar surface area (TPSA) is 77.8 Å². The summed E-state index contributed by atoms with van der Waals surface area (Å²) >= 11 is 0. The third-order valence-corrected chi connectivity index (χ3v) is 6.84. The molecule has 0 aromatic rings. The van der Waals surface area contributed by atoms with Gasteiger partial charge in [0.15, 0.2) is 5.78 Å². The standard InChI is InChI=1S/C21H30O4/c1-13-4-7-17(23)10-15(13)5-6-16-11-18(24)12-20(3)19(16)8-9-21(20,25)14(2)22/h5-6,11,17-19,23-25H,4,7-10,12H2,1-3H3/b6-5+/t17-,18+,19+,20+,21+/m1/s1. The number of rotatable bonds is 3. The molecule has 0 radical (unpaired) electrons. The predicted molar refractivity (Wildman–Crippen MR) is 96.9 cm³/mol. The molecule has 0 aromatic carbocycles. The van der Waals surface area contributed by atoms with Crippen LogP contribution in [0.2, 0.25) is 0 Å². The van der Waals surface area contributed by atoms with Crippen LogP contribution in [0.1, 0.15) is 59.3 Å². The molecule has 0 heterocycles. The number of hydrogen-bond acceptors (Lipinski definition) is 4. The SMILES string of the molecule is CC(=O)[C@@]1(O)CC[C@H]2C(/C=C/C3=C(C)CC[C@@H](O)C3)=C[C@H](O)C[C@@]21C. The summed E-state index contributed by atoms with van der Waals surface area (Å²) in [7, 11) is 0. The number of aliphatic hydroxyl groups is 3. The fourth-order valence-corrected chi connectivity index (χ4v) is 5.15. The van der Waals surface area contributed by atoms with Gasteiger partial charge in [-0.05, 0) is 69.4 Å². The first-order valence-corrected chi connectivity index (χ1v) is 9.35. The summed E-state index contributed by atoms with van der Waals surface area (Å²) in [4.78, 5) is 12.1. The second kappa shape index (κ2) is 6.49. The van der Waals surface area contributed by atoms with Crippen LogP contribution in [-0.4, -0.2) is 38.9 Å². The van der Waals surface area contributed by atoms with E-state index in [0.717, 1.165) is 30.4 Å². The third-order valence-electron chi connectivity index (χ3n) is 6.84. The molecule has 4 heteroatoms. The van der Waals surface area contributed by atoms with Crippen molar-refractivity contribution in [1.29, 1.82) is 0 Å². The van der Waals surface area contributed by atoms with Gasteiger partial charge >= 0.3 is 0 Å². The number of fused-ring (bicyclic) bond motifs is 1. The van der Waals surface area contributed by atoms with Gasteiger partial charge in [0.1, 0.15) is 5.60 Å². The Hall–Kier alpha value is -1.23. The summed E-state index contributed by atoms with van der Waals surface area (Å²) in [6, 6.07) is 0. The van der Waals surface area contributed by atoms with Crippen LogP contribution in [0.5, 0.6) is 0 Å². The smallest absolute Gasteiger partial charge is 0.161 e. The number of aliphatic hydroxyl groups excluding tert-OH is 2. The Balaban J connectivity index is 1.90. The van der Waals surface area contributed by atoms with Gasteiger partial charge in [0, 0.05) is 5.41 Å². The second-order valence-electron chi connectivity index (χ2n) is 8.40. The van der Waals surface area contributed by atoms with Crippen molar-refractivity contribution in [3.05, 3.63) is 34.9 Å². The average Bonchev–Trinajstić information content (AvgIpc) is 2.80. The zero-order valence-electron chi connectivity index (χ0n) is 15.5. The first-order valence-electron chi connectivity index (χ1n) is 9.35. The monoisotopic (exact) mass is 346 g/mol. The average molecular weight is 346 g/mol. The van der Waals surface area contributed by atoms with Crippen molar-refractivity contribution >= 4 is 5.78 Å². The Labute approximate surface area is 149 Å². The van der Waals surface area contributed by atoms with E-state index in [1.165, 1.54) is 12.5 Å². The van der Waals surface area contributed by atoms with Gasteiger partial charge in [-0.25, -0.2) is 0 Å². The minimum Gasteiger partial charge on any atom is -0.393 e. The molecule has 3 aliphatic rings. The number of carbonyl (C=O) groups is 1. The van der Waals surface area contributed by atoms with Crippen molar-refractivity contribution in [3.63, 3.8) is 0 Å². The maximum absolute atomic E-state index is 12.1. The van der Waals surface area contributed by atoms with Crippen LogP contribution in [0.4, 0.5) is 0 Å². The van der Waals surface area contributed by atoms with Gasteiger partial charge in [0.05, 0.1) is 12.2 Å². The maximum Gasteiger partial charge on any atom is 0.161 e. The second-order valence-corrected chi connectivity index (χ2v) is 8.40. The van der Waals surface area contributed by atoms with Crippen LogP contribution in [0, 0.1) is 11.3 Å². The zero-order valence-corrected chi connectivity index (χ0v) is 15.5. The Morgan fingerprint density at radius 2 is 2.00 bits per heavy atom. The normalized spacial score (nSPS) is 41.8. The highest BCUT2D eigenvalue weighted by Gasteiger charge is 2.61. The summed E-state index contributed by atoms with van der Waals surface area (Å²) in [6.45, 7) is 5.49. The molecule has 0 spiro atoms. The van der Waals surface area contributed by atoms with E-state index >= 15 is 0 Å². The van der Waals surface area contributed by atoms with Crippen molar-refractivity contribution in [3.8, 4) is 0 Å². The summed E-state index contributed by atoms with van der Waals surface area (Å²) in [5, 5.41) is 31.3. The van der Waals surface area contributed by atoms with E-state index in [0.29, 0.717) is 19.3 Å². The molecule has 3 N–H and O–H groups in total. The Bertz CT molecular complexity index is 659. The van der Waals surface area contributed by atoms with Gasteiger partial charge in [0.2, 0.25) is 0 Å². The van der Waals surface area contributed by atoms with E-state index in [4.69, 9.17) is 0 Å². The van der Waals surface area contributed by atoms with Crippen molar-refractivity contribution in [2.24, 2.45) is 11.3 Å². The minimum absolute atomic E-state index is 0.0653. The number of allylic oxidation sites excluding steroid dienone is 4. The minimum atomic E-state index is -1.36. The molecule has 5 atom stereocenters. The van der Waals surface area contributed by atoms with E-state index in [9.17, 15) is 20.1 Å². The lowest BCUT2D eigenvalue weighted by molar-refractivity contribution is -0.150. The van der Waals surface area contributed by atoms with Crippen LogP contribution in [-0.2, 0) is 4.79 Å². The summed E-state index contributed by atoms with van der Waals surface area (Å²) in [5.41, 5.74) is 1.46. The number of ketones is 1. The van der Waals surface area contributed by atoms with Crippen LogP contribution in [0.3, 0.4) is 0 Å². The molecule has 0 saturated heterocycles. The van der Waals surface area contributed by atoms with Gasteiger partial charge in [-0.1, -0.05) is 30.7 Å². The molecule has 0 aliphatic heterocycles. The first-order chi connectivity index (χ1) is 11.7. The highest BCUT2D eigenvalue weighted by Crippen LogP contribution is 2.58. The van der Waals surface area contributed by atoms with Gasteiger partial charge in [-0.15, -0.1) is 0 Å². The largest absolute Gasteiger partial charge is 0.393 e. The molecule has 1 fully saturated rings. The Morgan fingerprint density at radius 3 is 2.68 bits per heavy atom. The number of Topliss-reactive ketones (excluding diaryl/α,β-unsaturated/α-hetero) is 1. The molecular formula is C21H30O4. The molecule has 0 unspecified atom stereocenters. The lowest BCUT2D eigenvalue weighted by atomic mass is 9.61. The zero-order chi connectivity index (χ0) is 18.4. The lowest BCUT2D eigenvalue weighted by Crippen LogP contribution is -2.53. The van der Waals surface area contributed by atoms with Crippen molar-refractivity contribution in [1.82, 2.24) is 0 Å². The molecule has 1 saturated carbocycles. The van der Waals surface area contributed by atoms with Gasteiger partial charge in [0.25, 0.3) is 0 Å². The van der Waals surface area contributed by atoms with Gasteiger partial charge < -0.3 is 15.3 Å². The summed E-state index contributed by atoms with van der Waals surface area (Å²) in [6.07, 6.45) is 8.99. The molecule has 0 bridgehead atoms. The van der Waals surface area contributed by atoms with Crippen LogP contribution < -0.4 is 0 Å². The fourth-order valence-electron chi connectivity index (χ4n) is 5.15. The lowest BCUT2D eigenvalue weighted by Gasteiger charge is -2.45. The molecule has 3 aliphatic carbocycles. The van der Waals surface area contributed by atoms with E-state index < -0.39 is 17.1 Å². The molecule has 4 nitrogen and oxygen atoms in total. The van der Waals surface area contributed by atoms with Gasteiger partial charge in [-0.2, -0.15) is 0 Å². The maximum atomic E-state index is 12.1. The first kappa shape index (κ1) is 18.6. The fraction of sp³-hybridized carbons (Fsp3) is 0.667. The van der Waals surface area contributed by atoms with E-state index in [-0.39, 0.29) is 17.8 Å². The van der Waals surface area contributed by atoms with Gasteiger partial charge in [-0.3, -0.25) is 4.79 Å². The van der Waals surface area contributed by atoms with Crippen LogP contribution >= 0.6 is 0 Å². The van der Waals surface area contributed by atoms with Crippen LogP contribution in [0.25, 0.3) is 0 Å². The van der Waals surface area contributed by atoms with Crippen LogP contribution in [0.15, 0.2) is 34.9 Å². The van der Waals surface area contributed by atoms with E-state index in [2.05, 4.69) is 6.92 Å². The molecule has 3 rings (SSSR count). The molecule has 0 aromatic heterocycles. The molecule has 25 heavy (non-hydrogen) atoms. The summed E-state index contributed by atoms with van der Waals surface area (Å²) in [5.74, 6) is -0.139. The van der Waals surface area contributed by atoms with Crippen molar-refractivity contribution in [2.45, 2.75) is 77.1 Å². The number of carbonyl (C=O) groups excluding carboxylic acids is 1. The Morgan fingerprint density at radius 1 is 1.28 bits per heavy atom. The molecular weight excluding hydrogens is 316 g/mol. The van der Waals surface area contributed by atoms with E-state index in [1.54, 1.807) is 0 Å². The predicted octanol–water partition coefficient (Wildman–Crippen LogP) is 2.83.